The number of likely N-dealkylation sites (N-methyl/N-ethyl adjacent to an activating group) is 1. The molecule has 5 aromatic rings. The molecule has 0 unspecified atom stereocenters. The topological polar surface area (TPSA) is 95.1 Å². The number of rotatable bonds is 12. The number of hydrogen-bond acceptors (Lipinski definition) is 10. The lowest BCUT2D eigenvalue weighted by Gasteiger charge is -2.42. The summed E-state index contributed by atoms with van der Waals surface area (Å²) >= 11 is 0. The summed E-state index contributed by atoms with van der Waals surface area (Å²) in [7, 11) is 3.85. The summed E-state index contributed by atoms with van der Waals surface area (Å²) in [5.74, 6) is 0.902. The van der Waals surface area contributed by atoms with E-state index in [-0.39, 0.29) is 23.5 Å². The third kappa shape index (κ3) is 8.17. The first-order valence-electron chi connectivity index (χ1n) is 17.7. The number of nitrogens with zero attached hydrogens (tertiary/aromatic N) is 5. The number of piperazine rings is 1. The third-order valence-corrected chi connectivity index (χ3v) is 9.89. The molecule has 1 aromatic heterocycles. The smallest absolute Gasteiger partial charge is 0.229 e. The molecular formula is C41H44FN7O3. The van der Waals surface area contributed by atoms with Crippen LogP contribution in [0.1, 0.15) is 28.8 Å². The molecule has 0 atom stereocenters. The van der Waals surface area contributed by atoms with E-state index in [4.69, 9.17) is 14.5 Å². The number of piperidine rings is 1. The number of carbonyl (C=O) groups is 1. The lowest BCUT2D eigenvalue weighted by atomic mass is 10.0. The number of aromatic nitrogens is 2. The number of ether oxygens (including phenoxy) is 2. The summed E-state index contributed by atoms with van der Waals surface area (Å²) in [6, 6.07) is 28.5. The minimum absolute atomic E-state index is 0.159. The highest BCUT2D eigenvalue weighted by atomic mass is 19.1. The number of benzene rings is 4. The average Bonchev–Trinajstić information content (AvgIpc) is 3.19. The lowest BCUT2D eigenvalue weighted by molar-refractivity contribution is 0.0982. The Morgan fingerprint density at radius 2 is 1.58 bits per heavy atom. The molecule has 52 heavy (non-hydrogen) atoms. The lowest BCUT2D eigenvalue weighted by Crippen LogP contribution is -2.52. The van der Waals surface area contributed by atoms with Crippen molar-refractivity contribution < 1.29 is 18.7 Å². The fraction of sp³-hybridized carbons (Fsp3) is 0.293. The van der Waals surface area contributed by atoms with Crippen molar-refractivity contribution in [2.75, 3.05) is 69.0 Å². The van der Waals surface area contributed by atoms with Crippen LogP contribution in [0.4, 0.5) is 33.2 Å². The van der Waals surface area contributed by atoms with Gasteiger partial charge in [-0.2, -0.15) is 4.98 Å². The van der Waals surface area contributed by atoms with Crippen LogP contribution in [-0.2, 0) is 6.61 Å². The van der Waals surface area contributed by atoms with Crippen LogP contribution in [0.25, 0.3) is 11.1 Å². The van der Waals surface area contributed by atoms with Gasteiger partial charge in [-0.25, -0.2) is 9.37 Å². The SMILES string of the molecule is COc1cc(N2CCC(N3CCN(C)CC3)CC2)ccc1Nc1ncc(-c2cc(C=O)c(OCc3ccccc3)cc2F)c(Nc2ccccc2)n1. The minimum atomic E-state index is -0.570. The molecule has 2 aliphatic rings. The molecule has 2 N–H and O–H groups in total. The highest BCUT2D eigenvalue weighted by Crippen LogP contribution is 2.37. The number of aldehydes is 1. The zero-order chi connectivity index (χ0) is 35.9. The van der Waals surface area contributed by atoms with Crippen LogP contribution in [0.2, 0.25) is 0 Å². The van der Waals surface area contributed by atoms with Crippen LogP contribution < -0.4 is 25.0 Å². The van der Waals surface area contributed by atoms with Crippen molar-refractivity contribution in [2.45, 2.75) is 25.5 Å². The van der Waals surface area contributed by atoms with E-state index in [0.717, 1.165) is 69.0 Å². The van der Waals surface area contributed by atoms with Gasteiger partial charge in [0.2, 0.25) is 5.95 Å². The summed E-state index contributed by atoms with van der Waals surface area (Å²) in [6.07, 6.45) is 4.49. The van der Waals surface area contributed by atoms with E-state index in [1.807, 2.05) is 72.8 Å². The quantitative estimate of drug-likeness (QED) is 0.128. The molecular weight excluding hydrogens is 657 g/mol. The Hall–Kier alpha value is -5.52. The van der Waals surface area contributed by atoms with Gasteiger partial charge >= 0.3 is 0 Å². The first kappa shape index (κ1) is 34.9. The molecule has 0 amide bonds. The molecule has 0 aliphatic carbocycles. The summed E-state index contributed by atoms with van der Waals surface area (Å²) in [4.78, 5) is 29.0. The van der Waals surface area contributed by atoms with Crippen molar-refractivity contribution >= 4 is 35.1 Å². The maximum Gasteiger partial charge on any atom is 0.229 e. The van der Waals surface area contributed by atoms with E-state index < -0.39 is 5.82 Å². The standard InChI is InChI=1S/C41H44FN7O3/c1-47-19-21-49(22-20-47)32-15-17-48(18-16-32)33-13-14-37(39(24-33)51-2)45-41-43-26-35(40(46-41)44-31-11-7-4-8-12-31)34-23-30(27-50)38(25-36(34)42)52-28-29-9-5-3-6-10-29/h3-14,23-27,32H,15-22,28H2,1-2H3,(H2,43,44,45,46). The van der Waals surface area contributed by atoms with E-state index in [0.29, 0.717) is 41.1 Å². The van der Waals surface area contributed by atoms with Gasteiger partial charge in [-0.1, -0.05) is 48.5 Å². The second-order valence-electron chi connectivity index (χ2n) is 13.3. The predicted molar refractivity (Wildman–Crippen MR) is 204 cm³/mol. The fourth-order valence-electron chi connectivity index (χ4n) is 6.90. The number of nitrogens with one attached hydrogen (secondary N) is 2. The number of methoxy groups -OCH3 is 1. The molecule has 0 radical (unpaired) electrons. The van der Waals surface area contributed by atoms with Crippen molar-refractivity contribution in [1.82, 2.24) is 19.8 Å². The molecule has 268 valence electrons. The molecule has 0 bridgehead atoms. The highest BCUT2D eigenvalue weighted by Gasteiger charge is 2.27. The Morgan fingerprint density at radius 1 is 0.846 bits per heavy atom. The van der Waals surface area contributed by atoms with Crippen molar-refractivity contribution in [3.63, 3.8) is 0 Å². The zero-order valence-corrected chi connectivity index (χ0v) is 29.6. The molecule has 2 fully saturated rings. The van der Waals surface area contributed by atoms with E-state index in [1.165, 1.54) is 12.1 Å². The predicted octanol–water partition coefficient (Wildman–Crippen LogP) is 7.39. The summed E-state index contributed by atoms with van der Waals surface area (Å²) < 4.78 is 27.5. The Labute approximate surface area is 304 Å². The van der Waals surface area contributed by atoms with Crippen LogP contribution in [-0.4, -0.2) is 85.5 Å². The Kier molecular flexibility index (Phi) is 10.9. The molecule has 0 saturated carbocycles. The van der Waals surface area contributed by atoms with Crippen molar-refractivity contribution in [3.05, 3.63) is 114 Å². The van der Waals surface area contributed by atoms with Crippen molar-refractivity contribution in [3.8, 4) is 22.6 Å². The normalized spacial score (nSPS) is 15.6. The molecule has 7 rings (SSSR count). The molecule has 3 heterocycles. The molecule has 2 aliphatic heterocycles. The third-order valence-electron chi connectivity index (χ3n) is 9.89. The number of hydrogen-bond donors (Lipinski definition) is 2. The zero-order valence-electron chi connectivity index (χ0n) is 29.6. The second-order valence-corrected chi connectivity index (χ2v) is 13.3. The molecule has 2 saturated heterocycles. The maximum absolute atomic E-state index is 15.8. The molecule has 11 heteroatoms. The summed E-state index contributed by atoms with van der Waals surface area (Å²) in [5.41, 5.74) is 4.23. The monoisotopic (exact) mass is 701 g/mol. The maximum atomic E-state index is 15.8. The average molecular weight is 702 g/mol. The molecule has 10 nitrogen and oxygen atoms in total. The van der Waals surface area contributed by atoms with E-state index in [2.05, 4.69) is 43.4 Å². The second kappa shape index (κ2) is 16.2. The summed E-state index contributed by atoms with van der Waals surface area (Å²) in [5, 5.41) is 6.62. The minimum Gasteiger partial charge on any atom is -0.494 e. The highest BCUT2D eigenvalue weighted by molar-refractivity contribution is 5.86. The van der Waals surface area contributed by atoms with Crippen LogP contribution in [0.15, 0.2) is 97.2 Å². The van der Waals surface area contributed by atoms with Crippen LogP contribution in [0.3, 0.4) is 0 Å². The van der Waals surface area contributed by atoms with Crippen molar-refractivity contribution in [1.29, 1.82) is 0 Å². The largest absolute Gasteiger partial charge is 0.494 e. The Bertz CT molecular complexity index is 1970. The van der Waals surface area contributed by atoms with Gasteiger partial charge in [0.15, 0.2) is 6.29 Å². The Balaban J connectivity index is 1.11. The van der Waals surface area contributed by atoms with Gasteiger partial charge in [0, 0.05) is 86.1 Å². The van der Waals surface area contributed by atoms with Crippen molar-refractivity contribution in [2.24, 2.45) is 0 Å². The van der Waals surface area contributed by atoms with E-state index >= 15 is 4.39 Å². The van der Waals surface area contributed by atoms with Gasteiger partial charge in [0.25, 0.3) is 0 Å². The van der Waals surface area contributed by atoms with Gasteiger partial charge in [-0.05, 0) is 55.8 Å². The van der Waals surface area contributed by atoms with Gasteiger partial charge in [0.1, 0.15) is 29.7 Å². The van der Waals surface area contributed by atoms with Gasteiger partial charge < -0.3 is 29.9 Å². The van der Waals surface area contributed by atoms with Gasteiger partial charge in [0.05, 0.1) is 18.4 Å². The van der Waals surface area contributed by atoms with E-state index in [9.17, 15) is 4.79 Å². The molecule has 4 aromatic carbocycles. The van der Waals surface area contributed by atoms with Crippen LogP contribution in [0, 0.1) is 5.82 Å². The number of halogens is 1. The van der Waals surface area contributed by atoms with Gasteiger partial charge in [-0.15, -0.1) is 0 Å². The fourth-order valence-corrected chi connectivity index (χ4v) is 6.90. The summed E-state index contributed by atoms with van der Waals surface area (Å²) in [6.45, 7) is 6.75. The van der Waals surface area contributed by atoms with Gasteiger partial charge in [-0.3, -0.25) is 9.69 Å². The first-order chi connectivity index (χ1) is 25.5. The number of anilines is 5. The molecule has 0 spiro atoms. The number of carbonyl (C=O) groups excluding carboxylic acids is 1. The van der Waals surface area contributed by atoms with Crippen LogP contribution in [0.5, 0.6) is 11.5 Å². The Morgan fingerprint density at radius 3 is 2.29 bits per heavy atom. The first-order valence-corrected chi connectivity index (χ1v) is 17.7. The van der Waals surface area contributed by atoms with E-state index in [1.54, 1.807) is 13.3 Å². The van der Waals surface area contributed by atoms with Crippen LogP contribution >= 0.6 is 0 Å². The number of para-hydroxylation sites is 1.